The van der Waals surface area contributed by atoms with Crippen LogP contribution in [0, 0.1) is 10.1 Å². The van der Waals surface area contributed by atoms with E-state index in [4.69, 9.17) is 11.5 Å². The molecule has 2 rings (SSSR count). The highest BCUT2D eigenvalue weighted by Crippen LogP contribution is 2.33. The van der Waals surface area contributed by atoms with Crippen LogP contribution >= 0.6 is 0 Å². The third-order valence-electron chi connectivity index (χ3n) is 2.53. The number of carbonyl (C=O) groups is 2. The van der Waals surface area contributed by atoms with Gasteiger partial charge in [-0.2, -0.15) is 0 Å². The number of carbonyl (C=O) groups excluding carboxylic acids is 2. The fourth-order valence-corrected chi connectivity index (χ4v) is 1.69. The average molecular weight is 251 g/mol. The first-order valence-corrected chi connectivity index (χ1v) is 4.98. The molecular weight excluding hydrogens is 242 g/mol. The summed E-state index contributed by atoms with van der Waals surface area (Å²) in [6.45, 7) is 0. The minimum Gasteiger partial charge on any atom is -0.382 e. The zero-order chi connectivity index (χ0) is 13.4. The van der Waals surface area contributed by atoms with Crippen molar-refractivity contribution < 1.29 is 14.5 Å². The van der Waals surface area contributed by atoms with Crippen LogP contribution in [0.1, 0.15) is 12.8 Å². The van der Waals surface area contributed by atoms with E-state index in [0.717, 1.165) is 11.0 Å². The van der Waals surface area contributed by atoms with Crippen molar-refractivity contribution in [3.05, 3.63) is 16.2 Å². The van der Waals surface area contributed by atoms with Crippen molar-refractivity contribution >= 4 is 34.8 Å². The standard InChI is InChI=1S/C9H9N5O4/c10-8-4(13-6(15)1-2-7(13)16)3-5(14(17)18)9(11)12-8/h3H,1-2H2,(H4,10,11,12). The van der Waals surface area contributed by atoms with Crippen molar-refractivity contribution in [3.8, 4) is 0 Å². The summed E-state index contributed by atoms with van der Waals surface area (Å²) in [6, 6.07) is 0.985. The van der Waals surface area contributed by atoms with E-state index in [1.165, 1.54) is 0 Å². The van der Waals surface area contributed by atoms with Gasteiger partial charge in [0.15, 0.2) is 5.82 Å². The predicted octanol–water partition coefficient (Wildman–Crippen LogP) is -0.192. The summed E-state index contributed by atoms with van der Waals surface area (Å²) in [5.41, 5.74) is 10.3. The van der Waals surface area contributed by atoms with Crippen molar-refractivity contribution in [2.24, 2.45) is 0 Å². The van der Waals surface area contributed by atoms with Gasteiger partial charge in [0, 0.05) is 18.9 Å². The first-order valence-electron chi connectivity index (χ1n) is 4.98. The lowest BCUT2D eigenvalue weighted by Crippen LogP contribution is -2.29. The molecule has 9 nitrogen and oxygen atoms in total. The summed E-state index contributed by atoms with van der Waals surface area (Å²) in [4.78, 5) is 37.4. The molecule has 1 aromatic rings. The van der Waals surface area contributed by atoms with Gasteiger partial charge in [-0.1, -0.05) is 0 Å². The minimum absolute atomic E-state index is 0.0520. The molecule has 9 heteroatoms. The smallest absolute Gasteiger partial charge is 0.313 e. The number of aromatic nitrogens is 1. The van der Waals surface area contributed by atoms with Crippen LogP contribution in [-0.2, 0) is 9.59 Å². The van der Waals surface area contributed by atoms with Crippen LogP contribution in [0.25, 0.3) is 0 Å². The molecule has 1 fully saturated rings. The van der Waals surface area contributed by atoms with E-state index in [0.29, 0.717) is 0 Å². The van der Waals surface area contributed by atoms with Crippen LogP contribution < -0.4 is 16.4 Å². The number of anilines is 3. The van der Waals surface area contributed by atoms with E-state index < -0.39 is 22.4 Å². The molecule has 0 atom stereocenters. The lowest BCUT2D eigenvalue weighted by molar-refractivity contribution is -0.384. The van der Waals surface area contributed by atoms with Crippen LogP contribution in [0.4, 0.5) is 23.0 Å². The number of imide groups is 1. The monoisotopic (exact) mass is 251 g/mol. The lowest BCUT2D eigenvalue weighted by Gasteiger charge is -2.15. The summed E-state index contributed by atoms with van der Waals surface area (Å²) >= 11 is 0. The zero-order valence-electron chi connectivity index (χ0n) is 9.12. The molecule has 2 heterocycles. The van der Waals surface area contributed by atoms with Gasteiger partial charge in [-0.15, -0.1) is 0 Å². The highest BCUT2D eigenvalue weighted by molar-refractivity contribution is 6.21. The van der Waals surface area contributed by atoms with Gasteiger partial charge in [-0.3, -0.25) is 19.7 Å². The molecule has 1 aliphatic rings. The minimum atomic E-state index is -0.754. The molecule has 2 amide bonds. The molecule has 4 N–H and O–H groups in total. The van der Waals surface area contributed by atoms with Gasteiger partial charge >= 0.3 is 5.69 Å². The number of nitro groups is 1. The Hall–Kier alpha value is -2.71. The van der Waals surface area contributed by atoms with Gasteiger partial charge in [0.1, 0.15) is 5.69 Å². The Bertz CT molecular complexity index is 554. The molecule has 18 heavy (non-hydrogen) atoms. The van der Waals surface area contributed by atoms with Crippen LogP contribution in [-0.4, -0.2) is 21.7 Å². The number of hydrogen-bond acceptors (Lipinski definition) is 7. The highest BCUT2D eigenvalue weighted by atomic mass is 16.6. The fraction of sp³-hybridized carbons (Fsp3) is 0.222. The van der Waals surface area contributed by atoms with E-state index in [2.05, 4.69) is 4.98 Å². The Balaban J connectivity index is 2.57. The zero-order valence-corrected chi connectivity index (χ0v) is 9.12. The van der Waals surface area contributed by atoms with Crippen molar-refractivity contribution in [2.45, 2.75) is 12.8 Å². The second-order valence-corrected chi connectivity index (χ2v) is 3.68. The number of rotatable bonds is 2. The Morgan fingerprint density at radius 3 is 2.28 bits per heavy atom. The highest BCUT2D eigenvalue weighted by Gasteiger charge is 2.33. The summed E-state index contributed by atoms with van der Waals surface area (Å²) in [6.07, 6.45) is 0.104. The second kappa shape index (κ2) is 3.95. The van der Waals surface area contributed by atoms with E-state index in [1.807, 2.05) is 0 Å². The number of nitrogens with two attached hydrogens (primary N) is 2. The molecule has 0 spiro atoms. The van der Waals surface area contributed by atoms with E-state index in [1.54, 1.807) is 0 Å². The normalized spacial score (nSPS) is 15.2. The SMILES string of the molecule is Nc1nc(N)c([N+](=O)[O-])cc1N1C(=O)CCC1=O. The van der Waals surface area contributed by atoms with Gasteiger partial charge < -0.3 is 11.5 Å². The molecule has 0 aliphatic carbocycles. The van der Waals surface area contributed by atoms with Crippen molar-refractivity contribution in [1.82, 2.24) is 4.98 Å². The average Bonchev–Trinajstić information content (AvgIpc) is 2.59. The third-order valence-corrected chi connectivity index (χ3v) is 2.53. The first kappa shape index (κ1) is 11.8. The number of nitrogen functional groups attached to an aromatic ring is 2. The Morgan fingerprint density at radius 1 is 1.22 bits per heavy atom. The molecule has 0 radical (unpaired) electrons. The first-order chi connectivity index (χ1) is 8.41. The van der Waals surface area contributed by atoms with E-state index >= 15 is 0 Å². The molecule has 0 saturated carbocycles. The molecule has 1 saturated heterocycles. The number of hydrogen-bond donors (Lipinski definition) is 2. The molecular formula is C9H9N5O4. The second-order valence-electron chi connectivity index (χ2n) is 3.68. The van der Waals surface area contributed by atoms with E-state index in [-0.39, 0.29) is 30.2 Å². The Morgan fingerprint density at radius 2 is 1.78 bits per heavy atom. The largest absolute Gasteiger partial charge is 0.382 e. The molecule has 0 bridgehead atoms. The quantitative estimate of drug-likeness (QED) is 0.420. The van der Waals surface area contributed by atoms with Crippen molar-refractivity contribution in [1.29, 1.82) is 0 Å². The fourth-order valence-electron chi connectivity index (χ4n) is 1.69. The van der Waals surface area contributed by atoms with Gasteiger partial charge in [-0.25, -0.2) is 9.88 Å². The number of amides is 2. The topological polar surface area (TPSA) is 145 Å². The molecule has 94 valence electrons. The molecule has 0 unspecified atom stereocenters. The van der Waals surface area contributed by atoms with Crippen LogP contribution in [0.2, 0.25) is 0 Å². The molecule has 1 aliphatic heterocycles. The maximum absolute atomic E-state index is 11.5. The summed E-state index contributed by atoms with van der Waals surface area (Å²) in [5.74, 6) is -1.48. The van der Waals surface area contributed by atoms with Crippen LogP contribution in [0.3, 0.4) is 0 Å². The maximum atomic E-state index is 11.5. The van der Waals surface area contributed by atoms with Gasteiger partial charge in [0.05, 0.1) is 4.92 Å². The number of pyridine rings is 1. The number of nitrogens with zero attached hydrogens (tertiary/aromatic N) is 3. The maximum Gasteiger partial charge on any atom is 0.313 e. The molecule has 0 aromatic carbocycles. The van der Waals surface area contributed by atoms with Crippen molar-refractivity contribution in [3.63, 3.8) is 0 Å². The predicted molar refractivity (Wildman–Crippen MR) is 61.4 cm³/mol. The lowest BCUT2D eigenvalue weighted by atomic mass is 10.3. The van der Waals surface area contributed by atoms with Crippen molar-refractivity contribution in [2.75, 3.05) is 16.4 Å². The van der Waals surface area contributed by atoms with Gasteiger partial charge in [-0.05, 0) is 0 Å². The van der Waals surface area contributed by atoms with Gasteiger partial charge in [0.25, 0.3) is 0 Å². The summed E-state index contributed by atoms with van der Waals surface area (Å²) in [5, 5.41) is 10.7. The summed E-state index contributed by atoms with van der Waals surface area (Å²) in [7, 11) is 0. The van der Waals surface area contributed by atoms with Crippen LogP contribution in [0.15, 0.2) is 6.07 Å². The summed E-state index contributed by atoms with van der Waals surface area (Å²) < 4.78 is 0. The Kier molecular flexibility index (Phi) is 2.58. The van der Waals surface area contributed by atoms with Crippen LogP contribution in [0.5, 0.6) is 0 Å². The molecule has 1 aromatic heterocycles. The van der Waals surface area contributed by atoms with E-state index in [9.17, 15) is 19.7 Å². The van der Waals surface area contributed by atoms with Gasteiger partial charge in [0.2, 0.25) is 17.6 Å². The third kappa shape index (κ3) is 1.71. The Labute approximate surface area is 101 Å².